The van der Waals surface area contributed by atoms with Gasteiger partial charge in [0, 0.05) is 12.2 Å². The molecule has 0 aliphatic carbocycles. The van der Waals surface area contributed by atoms with Crippen LogP contribution >= 0.6 is 0 Å². The molecule has 0 radical (unpaired) electrons. The maximum Gasteiger partial charge on any atom is 0.335 e. The summed E-state index contributed by atoms with van der Waals surface area (Å²) in [4.78, 5) is 14.7. The van der Waals surface area contributed by atoms with Crippen molar-refractivity contribution in [3.8, 4) is 0 Å². The van der Waals surface area contributed by atoms with Crippen molar-refractivity contribution in [1.82, 2.24) is 4.98 Å². The maximum atomic E-state index is 10.7. The van der Waals surface area contributed by atoms with Crippen molar-refractivity contribution in [2.24, 2.45) is 11.7 Å². The number of carbonyl (C=O) groups is 1. The zero-order chi connectivity index (χ0) is 10.7. The van der Waals surface area contributed by atoms with E-state index in [9.17, 15) is 4.79 Å². The highest BCUT2D eigenvalue weighted by atomic mass is 16.4. The number of rotatable bonds is 3. The lowest BCUT2D eigenvalue weighted by molar-refractivity contribution is 0.0696. The van der Waals surface area contributed by atoms with Crippen molar-refractivity contribution in [2.75, 3.05) is 0 Å². The molecule has 0 saturated carbocycles. The highest BCUT2D eigenvalue weighted by Gasteiger charge is 2.13. The normalized spacial score (nSPS) is 12.9. The molecule has 0 spiro atoms. The minimum Gasteiger partial charge on any atom is -0.478 e. The fourth-order valence-corrected chi connectivity index (χ4v) is 1.11. The van der Waals surface area contributed by atoms with Crippen LogP contribution in [0.4, 0.5) is 0 Å². The summed E-state index contributed by atoms with van der Waals surface area (Å²) in [5.41, 5.74) is 6.70. The van der Waals surface area contributed by atoms with Gasteiger partial charge in [0.1, 0.15) is 0 Å². The molecule has 0 bridgehead atoms. The van der Waals surface area contributed by atoms with Gasteiger partial charge in [-0.25, -0.2) is 4.79 Å². The van der Waals surface area contributed by atoms with Gasteiger partial charge in [0.25, 0.3) is 0 Å². The minimum atomic E-state index is -0.954. The number of nitrogens with two attached hydrogens (primary N) is 1. The first-order valence-electron chi connectivity index (χ1n) is 4.47. The van der Waals surface area contributed by atoms with Gasteiger partial charge in [-0.05, 0) is 18.1 Å². The summed E-state index contributed by atoms with van der Waals surface area (Å²) < 4.78 is 0. The lowest BCUT2D eigenvalue weighted by atomic mass is 10.0. The zero-order valence-electron chi connectivity index (χ0n) is 8.27. The molecule has 4 heteroatoms. The van der Waals surface area contributed by atoms with Crippen LogP contribution in [0.1, 0.15) is 35.9 Å². The van der Waals surface area contributed by atoms with Crippen LogP contribution in [0.15, 0.2) is 18.3 Å². The van der Waals surface area contributed by atoms with Gasteiger partial charge in [-0.1, -0.05) is 13.8 Å². The van der Waals surface area contributed by atoms with Crippen LogP contribution in [-0.2, 0) is 0 Å². The molecule has 3 N–H and O–H groups in total. The van der Waals surface area contributed by atoms with Crippen molar-refractivity contribution in [1.29, 1.82) is 0 Å². The van der Waals surface area contributed by atoms with E-state index in [-0.39, 0.29) is 17.5 Å². The number of aromatic nitrogens is 1. The largest absolute Gasteiger partial charge is 0.478 e. The van der Waals surface area contributed by atoms with E-state index in [0.29, 0.717) is 5.69 Å². The van der Waals surface area contributed by atoms with Crippen LogP contribution in [0, 0.1) is 5.92 Å². The molecule has 14 heavy (non-hydrogen) atoms. The predicted molar refractivity (Wildman–Crippen MR) is 53.0 cm³/mol. The van der Waals surface area contributed by atoms with E-state index in [1.54, 1.807) is 0 Å². The maximum absolute atomic E-state index is 10.7. The Kier molecular flexibility index (Phi) is 3.19. The highest BCUT2D eigenvalue weighted by Crippen LogP contribution is 2.17. The molecule has 1 atom stereocenters. The second-order valence-electron chi connectivity index (χ2n) is 3.54. The highest BCUT2D eigenvalue weighted by molar-refractivity contribution is 5.87. The molecule has 1 rings (SSSR count). The van der Waals surface area contributed by atoms with Gasteiger partial charge in [0.2, 0.25) is 0 Å². The van der Waals surface area contributed by atoms with Gasteiger partial charge in [0.15, 0.2) is 0 Å². The van der Waals surface area contributed by atoms with Crippen LogP contribution in [-0.4, -0.2) is 16.1 Å². The Morgan fingerprint density at radius 3 is 2.71 bits per heavy atom. The SMILES string of the molecule is CC(C)C(N)c1cc(C(=O)O)ccn1. The van der Waals surface area contributed by atoms with Crippen molar-refractivity contribution in [2.45, 2.75) is 19.9 Å². The summed E-state index contributed by atoms with van der Waals surface area (Å²) in [6.45, 7) is 3.94. The predicted octanol–water partition coefficient (Wildman–Crippen LogP) is 1.44. The summed E-state index contributed by atoms with van der Waals surface area (Å²) in [5.74, 6) is -0.712. The standard InChI is InChI=1S/C10H14N2O2/c1-6(2)9(11)8-5-7(10(13)14)3-4-12-8/h3-6,9H,11H2,1-2H3,(H,13,14). The average molecular weight is 194 g/mol. The number of carboxylic acid groups (broad SMARTS) is 1. The van der Waals surface area contributed by atoms with E-state index >= 15 is 0 Å². The Morgan fingerprint density at radius 2 is 2.21 bits per heavy atom. The first-order valence-corrected chi connectivity index (χ1v) is 4.47. The molecule has 0 amide bonds. The molecule has 0 aliphatic rings. The van der Waals surface area contributed by atoms with E-state index < -0.39 is 5.97 Å². The lowest BCUT2D eigenvalue weighted by Crippen LogP contribution is -2.18. The summed E-state index contributed by atoms with van der Waals surface area (Å²) in [6.07, 6.45) is 1.47. The smallest absolute Gasteiger partial charge is 0.335 e. The number of aromatic carboxylic acids is 1. The van der Waals surface area contributed by atoms with Crippen LogP contribution in [0.25, 0.3) is 0 Å². The number of hydrogen-bond donors (Lipinski definition) is 2. The third kappa shape index (κ3) is 2.29. The first-order chi connectivity index (χ1) is 6.52. The molecule has 0 saturated heterocycles. The van der Waals surface area contributed by atoms with Crippen LogP contribution < -0.4 is 5.73 Å². The van der Waals surface area contributed by atoms with E-state index in [4.69, 9.17) is 10.8 Å². The van der Waals surface area contributed by atoms with Crippen LogP contribution in [0.3, 0.4) is 0 Å². The molecule has 1 heterocycles. The monoisotopic (exact) mass is 194 g/mol. The first kappa shape index (κ1) is 10.7. The van der Waals surface area contributed by atoms with Crippen molar-refractivity contribution >= 4 is 5.97 Å². The van der Waals surface area contributed by atoms with E-state index in [2.05, 4.69) is 4.98 Å². The lowest BCUT2D eigenvalue weighted by Gasteiger charge is -2.14. The molecular weight excluding hydrogens is 180 g/mol. The van der Waals surface area contributed by atoms with E-state index in [0.717, 1.165) is 0 Å². The molecule has 0 fully saturated rings. The molecule has 0 aromatic carbocycles. The Morgan fingerprint density at radius 1 is 1.57 bits per heavy atom. The van der Waals surface area contributed by atoms with Crippen molar-refractivity contribution < 1.29 is 9.90 Å². The van der Waals surface area contributed by atoms with Gasteiger partial charge in [-0.3, -0.25) is 4.98 Å². The summed E-state index contributed by atoms with van der Waals surface area (Å²) >= 11 is 0. The molecule has 76 valence electrons. The Balaban J connectivity index is 2.99. The number of nitrogens with zero attached hydrogens (tertiary/aromatic N) is 1. The Bertz CT molecular complexity index is 337. The summed E-state index contributed by atoms with van der Waals surface area (Å²) in [6, 6.07) is 2.76. The number of pyridine rings is 1. The molecule has 1 unspecified atom stereocenters. The summed E-state index contributed by atoms with van der Waals surface area (Å²) in [7, 11) is 0. The van der Waals surface area contributed by atoms with Gasteiger partial charge in [-0.15, -0.1) is 0 Å². The average Bonchev–Trinajstić information content (AvgIpc) is 2.16. The zero-order valence-corrected chi connectivity index (χ0v) is 8.27. The second kappa shape index (κ2) is 4.19. The fourth-order valence-electron chi connectivity index (χ4n) is 1.11. The number of hydrogen-bond acceptors (Lipinski definition) is 3. The summed E-state index contributed by atoms with van der Waals surface area (Å²) in [5, 5.41) is 8.76. The van der Waals surface area contributed by atoms with Gasteiger partial charge in [0.05, 0.1) is 11.3 Å². The van der Waals surface area contributed by atoms with Crippen LogP contribution in [0.2, 0.25) is 0 Å². The fraction of sp³-hybridized carbons (Fsp3) is 0.400. The number of carboxylic acids is 1. The van der Waals surface area contributed by atoms with Crippen molar-refractivity contribution in [3.63, 3.8) is 0 Å². The van der Waals surface area contributed by atoms with E-state index in [1.165, 1.54) is 18.3 Å². The Hall–Kier alpha value is -1.42. The van der Waals surface area contributed by atoms with Gasteiger partial charge < -0.3 is 10.8 Å². The van der Waals surface area contributed by atoms with E-state index in [1.807, 2.05) is 13.8 Å². The molecule has 1 aromatic heterocycles. The third-order valence-electron chi connectivity index (χ3n) is 2.09. The van der Waals surface area contributed by atoms with Crippen molar-refractivity contribution in [3.05, 3.63) is 29.6 Å². The molecular formula is C10H14N2O2. The molecule has 4 nitrogen and oxygen atoms in total. The molecule has 0 aliphatic heterocycles. The van der Waals surface area contributed by atoms with Crippen LogP contribution in [0.5, 0.6) is 0 Å². The van der Waals surface area contributed by atoms with Gasteiger partial charge in [-0.2, -0.15) is 0 Å². The topological polar surface area (TPSA) is 76.2 Å². The van der Waals surface area contributed by atoms with Gasteiger partial charge >= 0.3 is 5.97 Å². The minimum absolute atomic E-state index is 0.214. The Labute approximate surface area is 82.8 Å². The quantitative estimate of drug-likeness (QED) is 0.763. The third-order valence-corrected chi connectivity index (χ3v) is 2.09. The molecule has 1 aromatic rings. The second-order valence-corrected chi connectivity index (χ2v) is 3.54.